The number of methoxy groups -OCH3 is 1. The number of nitrogens with zero attached hydrogens (tertiary/aromatic N) is 1. The highest BCUT2D eigenvalue weighted by molar-refractivity contribution is 5.69. The predicted molar refractivity (Wildman–Crippen MR) is 80.3 cm³/mol. The van der Waals surface area contributed by atoms with Gasteiger partial charge in [-0.2, -0.15) is 0 Å². The Hall–Kier alpha value is -1.61. The molecule has 2 rings (SSSR count). The number of esters is 1. The molecule has 1 aliphatic carbocycles. The molecule has 0 saturated carbocycles. The first kappa shape index (κ1) is 14.8. The van der Waals surface area contributed by atoms with Crippen molar-refractivity contribution in [1.82, 2.24) is 4.90 Å². The summed E-state index contributed by atoms with van der Waals surface area (Å²) in [6.07, 6.45) is 8.56. The largest absolute Gasteiger partial charge is 0.469 e. The molecule has 108 valence electrons. The van der Waals surface area contributed by atoms with Gasteiger partial charge in [-0.05, 0) is 24.8 Å². The lowest BCUT2D eigenvalue weighted by molar-refractivity contribution is -0.141. The third-order valence-corrected chi connectivity index (χ3v) is 3.76. The number of hydrogen-bond donors (Lipinski definition) is 0. The van der Waals surface area contributed by atoms with E-state index in [2.05, 4.69) is 41.3 Å². The summed E-state index contributed by atoms with van der Waals surface area (Å²) < 4.78 is 4.75. The molecule has 1 atom stereocenters. The molecule has 0 fully saturated rings. The van der Waals surface area contributed by atoms with E-state index in [1.54, 1.807) is 0 Å². The van der Waals surface area contributed by atoms with Crippen molar-refractivity contribution in [1.29, 1.82) is 0 Å². The van der Waals surface area contributed by atoms with E-state index in [1.165, 1.54) is 31.9 Å². The average Bonchev–Trinajstić information content (AvgIpc) is 2.53. The predicted octanol–water partition coefficient (Wildman–Crippen LogP) is 3.16. The third-order valence-electron chi connectivity index (χ3n) is 3.76. The summed E-state index contributed by atoms with van der Waals surface area (Å²) in [5, 5.41) is 0. The molecule has 0 heterocycles. The zero-order valence-electron chi connectivity index (χ0n) is 12.1. The smallest absolute Gasteiger partial charge is 0.306 e. The maximum absolute atomic E-state index is 11.4. The van der Waals surface area contributed by atoms with Gasteiger partial charge in [-0.15, -0.1) is 0 Å². The Labute approximate surface area is 121 Å². The minimum absolute atomic E-state index is 0.136. The summed E-state index contributed by atoms with van der Waals surface area (Å²) in [6, 6.07) is 10.9. The van der Waals surface area contributed by atoms with Crippen LogP contribution in [0.2, 0.25) is 0 Å². The Morgan fingerprint density at radius 2 is 2.15 bits per heavy atom. The molecular formula is C17H23NO2. The van der Waals surface area contributed by atoms with Gasteiger partial charge in [0, 0.05) is 19.1 Å². The van der Waals surface area contributed by atoms with Crippen molar-refractivity contribution in [2.24, 2.45) is 0 Å². The van der Waals surface area contributed by atoms with Gasteiger partial charge >= 0.3 is 5.97 Å². The molecule has 0 N–H and O–H groups in total. The number of allylic oxidation sites excluding steroid dienone is 1. The third kappa shape index (κ3) is 4.49. The Morgan fingerprint density at radius 3 is 2.80 bits per heavy atom. The van der Waals surface area contributed by atoms with Crippen LogP contribution in [0.1, 0.15) is 31.2 Å². The fourth-order valence-electron chi connectivity index (χ4n) is 2.62. The van der Waals surface area contributed by atoms with Crippen LogP contribution in [0, 0.1) is 0 Å². The van der Waals surface area contributed by atoms with Crippen LogP contribution in [-0.4, -0.2) is 30.6 Å². The summed E-state index contributed by atoms with van der Waals surface area (Å²) in [7, 11) is 1.45. The highest BCUT2D eigenvalue weighted by Gasteiger charge is 2.19. The summed E-state index contributed by atoms with van der Waals surface area (Å²) in [6.45, 7) is 1.63. The topological polar surface area (TPSA) is 29.5 Å². The van der Waals surface area contributed by atoms with E-state index in [0.717, 1.165) is 13.1 Å². The first-order valence-corrected chi connectivity index (χ1v) is 7.31. The average molecular weight is 273 g/mol. The molecule has 3 nitrogen and oxygen atoms in total. The van der Waals surface area contributed by atoms with E-state index < -0.39 is 0 Å². The van der Waals surface area contributed by atoms with Gasteiger partial charge in [0.2, 0.25) is 0 Å². The van der Waals surface area contributed by atoms with Crippen LogP contribution in [0.15, 0.2) is 42.5 Å². The Morgan fingerprint density at radius 1 is 1.35 bits per heavy atom. The second-order valence-electron chi connectivity index (χ2n) is 5.21. The quantitative estimate of drug-likeness (QED) is 0.589. The number of ether oxygens (including phenoxy) is 1. The SMILES string of the molecule is COC(=O)CCN(Cc1ccccc1)C1C=CCCC1. The maximum atomic E-state index is 11.4. The zero-order chi connectivity index (χ0) is 14.2. The molecule has 3 heteroatoms. The summed E-state index contributed by atoms with van der Waals surface area (Å²) in [5.41, 5.74) is 1.29. The van der Waals surface area contributed by atoms with Crippen LogP contribution in [0.4, 0.5) is 0 Å². The number of hydrogen-bond acceptors (Lipinski definition) is 3. The lowest BCUT2D eigenvalue weighted by Gasteiger charge is -2.31. The van der Waals surface area contributed by atoms with Gasteiger partial charge in [0.05, 0.1) is 13.5 Å². The van der Waals surface area contributed by atoms with Gasteiger partial charge in [-0.25, -0.2) is 0 Å². The number of rotatable bonds is 6. The van der Waals surface area contributed by atoms with Gasteiger partial charge in [0.25, 0.3) is 0 Å². The fourth-order valence-corrected chi connectivity index (χ4v) is 2.62. The highest BCUT2D eigenvalue weighted by atomic mass is 16.5. The molecule has 20 heavy (non-hydrogen) atoms. The van der Waals surface area contributed by atoms with Gasteiger partial charge in [0.15, 0.2) is 0 Å². The second-order valence-corrected chi connectivity index (χ2v) is 5.21. The summed E-state index contributed by atoms with van der Waals surface area (Å²) in [4.78, 5) is 13.8. The molecule has 0 aliphatic heterocycles. The van der Waals surface area contributed by atoms with E-state index in [9.17, 15) is 4.79 Å². The molecule has 1 aromatic rings. The number of carbonyl (C=O) groups excluding carboxylic acids is 1. The molecule has 0 saturated heterocycles. The van der Waals surface area contributed by atoms with E-state index in [4.69, 9.17) is 4.74 Å². The second kappa shape index (κ2) is 7.85. The van der Waals surface area contributed by atoms with E-state index >= 15 is 0 Å². The first-order valence-electron chi connectivity index (χ1n) is 7.31. The van der Waals surface area contributed by atoms with Crippen molar-refractivity contribution < 1.29 is 9.53 Å². The first-order chi connectivity index (χ1) is 9.79. The lowest BCUT2D eigenvalue weighted by atomic mass is 10.0. The summed E-state index contributed by atoms with van der Waals surface area (Å²) >= 11 is 0. The van der Waals surface area contributed by atoms with Gasteiger partial charge in [0.1, 0.15) is 0 Å². The van der Waals surface area contributed by atoms with Crippen molar-refractivity contribution in [3.63, 3.8) is 0 Å². The molecule has 0 spiro atoms. The van der Waals surface area contributed by atoms with Crippen LogP contribution in [0.5, 0.6) is 0 Å². The van der Waals surface area contributed by atoms with Crippen LogP contribution in [-0.2, 0) is 16.1 Å². The van der Waals surface area contributed by atoms with E-state index in [-0.39, 0.29) is 5.97 Å². The maximum Gasteiger partial charge on any atom is 0.306 e. The van der Waals surface area contributed by atoms with Crippen molar-refractivity contribution in [2.45, 2.75) is 38.3 Å². The molecule has 1 unspecified atom stereocenters. The van der Waals surface area contributed by atoms with Crippen molar-refractivity contribution in [2.75, 3.05) is 13.7 Å². The molecule has 1 aliphatic rings. The molecule has 0 bridgehead atoms. The summed E-state index contributed by atoms with van der Waals surface area (Å²) in [5.74, 6) is -0.136. The normalized spacial score (nSPS) is 18.2. The Bertz CT molecular complexity index is 442. The van der Waals surface area contributed by atoms with Crippen molar-refractivity contribution >= 4 is 5.97 Å². The van der Waals surface area contributed by atoms with Crippen LogP contribution >= 0.6 is 0 Å². The minimum atomic E-state index is -0.136. The minimum Gasteiger partial charge on any atom is -0.469 e. The number of carbonyl (C=O) groups is 1. The van der Waals surface area contributed by atoms with Crippen LogP contribution in [0.25, 0.3) is 0 Å². The monoisotopic (exact) mass is 273 g/mol. The Balaban J connectivity index is 2.00. The molecule has 0 amide bonds. The molecular weight excluding hydrogens is 250 g/mol. The molecule has 0 radical (unpaired) electrons. The van der Waals surface area contributed by atoms with Crippen molar-refractivity contribution in [3.8, 4) is 0 Å². The molecule has 0 aromatic heterocycles. The Kier molecular flexibility index (Phi) is 5.81. The van der Waals surface area contributed by atoms with E-state index in [1.807, 2.05) is 6.07 Å². The molecule has 1 aromatic carbocycles. The van der Waals surface area contributed by atoms with Gasteiger partial charge < -0.3 is 4.74 Å². The van der Waals surface area contributed by atoms with Gasteiger partial charge in [-0.1, -0.05) is 42.5 Å². The van der Waals surface area contributed by atoms with E-state index in [0.29, 0.717) is 12.5 Å². The van der Waals surface area contributed by atoms with Crippen molar-refractivity contribution in [3.05, 3.63) is 48.0 Å². The number of benzene rings is 1. The highest BCUT2D eigenvalue weighted by Crippen LogP contribution is 2.19. The van der Waals surface area contributed by atoms with Crippen LogP contribution in [0.3, 0.4) is 0 Å². The van der Waals surface area contributed by atoms with Gasteiger partial charge in [-0.3, -0.25) is 9.69 Å². The zero-order valence-corrected chi connectivity index (χ0v) is 12.1. The van der Waals surface area contributed by atoms with Crippen LogP contribution < -0.4 is 0 Å². The lowest BCUT2D eigenvalue weighted by Crippen LogP contribution is -2.36. The standard InChI is InChI=1S/C17H23NO2/c1-20-17(19)12-13-18(16-10-6-3-7-11-16)14-15-8-4-2-5-9-15/h2,4-6,8-10,16H,3,7,11-14H2,1H3. The fraction of sp³-hybridized carbons (Fsp3) is 0.471.